The van der Waals surface area contributed by atoms with Crippen LogP contribution < -0.4 is 5.32 Å². The smallest absolute Gasteiger partial charge is 0.254 e. The molecular formula is C25H32N2O2. The second-order valence-electron chi connectivity index (χ2n) is 9.13. The van der Waals surface area contributed by atoms with Crippen LogP contribution in [0.2, 0.25) is 0 Å². The van der Waals surface area contributed by atoms with E-state index in [1.807, 2.05) is 36.4 Å². The molecule has 2 amide bonds. The summed E-state index contributed by atoms with van der Waals surface area (Å²) in [6.45, 7) is 5.71. The number of amides is 2. The minimum absolute atomic E-state index is 0.0441. The third-order valence-corrected chi connectivity index (χ3v) is 6.52. The molecule has 1 N–H and O–H groups in total. The lowest BCUT2D eigenvalue weighted by Crippen LogP contribution is -2.49. The molecule has 2 aliphatic rings. The van der Waals surface area contributed by atoms with E-state index in [4.69, 9.17) is 0 Å². The Bertz CT molecular complexity index is 903. The van der Waals surface area contributed by atoms with Gasteiger partial charge in [-0.05, 0) is 72.6 Å². The number of rotatable bonds is 4. The Morgan fingerprint density at radius 3 is 2.38 bits per heavy atom. The Kier molecular flexibility index (Phi) is 5.89. The lowest BCUT2D eigenvalue weighted by Gasteiger charge is -2.44. The van der Waals surface area contributed by atoms with Crippen molar-refractivity contribution in [1.82, 2.24) is 10.2 Å². The van der Waals surface area contributed by atoms with Crippen molar-refractivity contribution in [3.05, 3.63) is 47.5 Å². The Morgan fingerprint density at radius 2 is 1.62 bits per heavy atom. The fraction of sp³-hybridized carbons (Fsp3) is 0.520. The van der Waals surface area contributed by atoms with Crippen LogP contribution in [-0.2, 0) is 0 Å². The maximum Gasteiger partial charge on any atom is 0.254 e. The molecule has 0 radical (unpaired) electrons. The third-order valence-electron chi connectivity index (χ3n) is 6.52. The topological polar surface area (TPSA) is 49.4 Å². The maximum absolute atomic E-state index is 13.3. The molecule has 2 aromatic carbocycles. The van der Waals surface area contributed by atoms with Crippen molar-refractivity contribution < 1.29 is 9.59 Å². The zero-order valence-corrected chi connectivity index (χ0v) is 17.6. The van der Waals surface area contributed by atoms with Crippen molar-refractivity contribution in [3.8, 4) is 0 Å². The molecule has 1 heterocycles. The first-order valence-electron chi connectivity index (χ1n) is 11.2. The van der Waals surface area contributed by atoms with Gasteiger partial charge in [0.15, 0.2) is 0 Å². The molecule has 0 unspecified atom stereocenters. The second-order valence-corrected chi connectivity index (χ2v) is 9.13. The van der Waals surface area contributed by atoms with Gasteiger partial charge < -0.3 is 10.2 Å². The fourth-order valence-electron chi connectivity index (χ4n) is 4.96. The van der Waals surface area contributed by atoms with Crippen LogP contribution in [0.25, 0.3) is 10.8 Å². The number of nitrogens with zero attached hydrogens (tertiary/aromatic N) is 1. The lowest BCUT2D eigenvalue weighted by atomic mass is 9.78. The van der Waals surface area contributed by atoms with Gasteiger partial charge in [0.25, 0.3) is 11.8 Å². The monoisotopic (exact) mass is 392 g/mol. The highest BCUT2D eigenvalue weighted by atomic mass is 16.2. The van der Waals surface area contributed by atoms with Gasteiger partial charge in [-0.2, -0.15) is 0 Å². The molecule has 0 spiro atoms. The number of hydrogen-bond donors (Lipinski definition) is 1. The summed E-state index contributed by atoms with van der Waals surface area (Å²) in [6.07, 6.45) is 7.37. The lowest BCUT2D eigenvalue weighted by molar-refractivity contribution is 0.0391. The van der Waals surface area contributed by atoms with E-state index in [1.54, 1.807) is 0 Å². The van der Waals surface area contributed by atoms with Gasteiger partial charge in [0.1, 0.15) is 0 Å². The summed E-state index contributed by atoms with van der Waals surface area (Å²) in [5.41, 5.74) is 1.43. The third kappa shape index (κ3) is 4.31. The van der Waals surface area contributed by atoms with E-state index in [0.29, 0.717) is 30.0 Å². The summed E-state index contributed by atoms with van der Waals surface area (Å²) in [5, 5.41) is 4.96. The summed E-state index contributed by atoms with van der Waals surface area (Å²) in [7, 11) is 0. The molecular weight excluding hydrogens is 360 g/mol. The number of hydrogen-bond acceptors (Lipinski definition) is 2. The Morgan fingerprint density at radius 1 is 0.966 bits per heavy atom. The molecule has 1 aliphatic heterocycles. The van der Waals surface area contributed by atoms with Crippen LogP contribution in [0.5, 0.6) is 0 Å². The molecule has 0 aromatic heterocycles. The van der Waals surface area contributed by atoms with E-state index in [2.05, 4.69) is 24.1 Å². The van der Waals surface area contributed by atoms with E-state index in [1.165, 1.54) is 25.7 Å². The van der Waals surface area contributed by atoms with Crippen LogP contribution >= 0.6 is 0 Å². The van der Waals surface area contributed by atoms with Gasteiger partial charge in [-0.15, -0.1) is 0 Å². The van der Waals surface area contributed by atoms with Gasteiger partial charge in [0, 0.05) is 30.3 Å². The largest absolute Gasteiger partial charge is 0.352 e. The van der Waals surface area contributed by atoms with Crippen LogP contribution in [0.15, 0.2) is 36.4 Å². The number of carbonyl (C=O) groups excluding carboxylic acids is 2. The Labute approximate surface area is 173 Å². The van der Waals surface area contributed by atoms with E-state index in [-0.39, 0.29) is 11.8 Å². The fourth-order valence-corrected chi connectivity index (χ4v) is 4.96. The highest BCUT2D eigenvalue weighted by Gasteiger charge is 2.35. The molecule has 1 saturated carbocycles. The van der Waals surface area contributed by atoms with Crippen LogP contribution in [0.1, 0.15) is 73.1 Å². The number of likely N-dealkylation sites (tertiary alicyclic amines) is 1. The van der Waals surface area contributed by atoms with Crippen molar-refractivity contribution in [2.24, 2.45) is 11.8 Å². The number of piperidine rings is 1. The van der Waals surface area contributed by atoms with Gasteiger partial charge in [-0.25, -0.2) is 0 Å². The molecule has 2 fully saturated rings. The van der Waals surface area contributed by atoms with Gasteiger partial charge in [-0.1, -0.05) is 38.8 Å². The Balaban J connectivity index is 1.53. The second kappa shape index (κ2) is 8.56. The highest BCUT2D eigenvalue weighted by molar-refractivity contribution is 6.02. The summed E-state index contributed by atoms with van der Waals surface area (Å²) >= 11 is 0. The molecule has 1 aliphatic carbocycles. The first-order chi connectivity index (χ1) is 14.0. The quantitative estimate of drug-likeness (QED) is 0.794. The van der Waals surface area contributed by atoms with E-state index < -0.39 is 0 Å². The summed E-state index contributed by atoms with van der Waals surface area (Å²) in [6, 6.07) is 12.0. The minimum atomic E-state index is -0.0441. The van der Waals surface area contributed by atoms with Crippen LogP contribution in [0.4, 0.5) is 0 Å². The Hall–Kier alpha value is -2.36. The molecule has 154 valence electrons. The van der Waals surface area contributed by atoms with Crippen molar-refractivity contribution in [2.45, 2.75) is 58.4 Å². The van der Waals surface area contributed by atoms with E-state index in [9.17, 15) is 9.59 Å². The maximum atomic E-state index is 13.3. The van der Waals surface area contributed by atoms with Crippen molar-refractivity contribution >= 4 is 22.6 Å². The summed E-state index contributed by atoms with van der Waals surface area (Å²) in [4.78, 5) is 27.8. The summed E-state index contributed by atoms with van der Waals surface area (Å²) in [5.74, 6) is 1.24. The predicted molar refractivity (Wildman–Crippen MR) is 117 cm³/mol. The zero-order valence-electron chi connectivity index (χ0n) is 17.6. The molecule has 1 saturated heterocycles. The van der Waals surface area contributed by atoms with Crippen LogP contribution in [0, 0.1) is 11.8 Å². The number of carbonyl (C=O) groups is 2. The standard InChI is InChI=1S/C25H32N2O2/c1-17(2)16-26-24(28)21-11-9-20-15-22(12-10-19(20)14-21)25(29)27-13-5-7-18-6-3-4-8-23(18)27/h9-12,14-15,17-18,23H,3-8,13,16H2,1-2H3,(H,26,28)/t18-,23-/m0/s1. The average Bonchev–Trinajstić information content (AvgIpc) is 2.75. The molecule has 4 rings (SSSR count). The normalized spacial score (nSPS) is 21.8. The number of fused-ring (bicyclic) bond motifs is 2. The zero-order chi connectivity index (χ0) is 20.4. The molecule has 2 aromatic rings. The highest BCUT2D eigenvalue weighted by Crippen LogP contribution is 2.36. The van der Waals surface area contributed by atoms with Crippen molar-refractivity contribution in [1.29, 1.82) is 0 Å². The summed E-state index contributed by atoms with van der Waals surface area (Å²) < 4.78 is 0. The van der Waals surface area contributed by atoms with Gasteiger partial charge >= 0.3 is 0 Å². The van der Waals surface area contributed by atoms with Crippen LogP contribution in [0.3, 0.4) is 0 Å². The van der Waals surface area contributed by atoms with Crippen molar-refractivity contribution in [3.63, 3.8) is 0 Å². The SMILES string of the molecule is CC(C)CNC(=O)c1ccc2cc(C(=O)N3CCC[C@@H]4CCCC[C@@H]43)ccc2c1. The molecule has 4 heteroatoms. The molecule has 4 nitrogen and oxygen atoms in total. The first-order valence-corrected chi connectivity index (χ1v) is 11.2. The van der Waals surface area contributed by atoms with Gasteiger partial charge in [0.2, 0.25) is 0 Å². The minimum Gasteiger partial charge on any atom is -0.352 e. The number of nitrogens with one attached hydrogen (secondary N) is 1. The molecule has 29 heavy (non-hydrogen) atoms. The van der Waals surface area contributed by atoms with Gasteiger partial charge in [-0.3, -0.25) is 9.59 Å². The molecule has 2 atom stereocenters. The number of benzene rings is 2. The molecule has 0 bridgehead atoms. The van der Waals surface area contributed by atoms with Crippen LogP contribution in [-0.4, -0.2) is 35.8 Å². The first kappa shape index (κ1) is 19.9. The predicted octanol–water partition coefficient (Wildman–Crippen LogP) is 5.02. The van der Waals surface area contributed by atoms with Crippen molar-refractivity contribution in [2.75, 3.05) is 13.1 Å². The average molecular weight is 393 g/mol. The van der Waals surface area contributed by atoms with E-state index in [0.717, 1.165) is 35.7 Å². The van der Waals surface area contributed by atoms with E-state index >= 15 is 0 Å². The van der Waals surface area contributed by atoms with Gasteiger partial charge in [0.05, 0.1) is 0 Å².